The van der Waals surface area contributed by atoms with Gasteiger partial charge in [0.25, 0.3) is 5.91 Å². The summed E-state index contributed by atoms with van der Waals surface area (Å²) in [6, 6.07) is 2.04. The maximum atomic E-state index is 12.5. The maximum Gasteiger partial charge on any atom is 0.258 e. The van der Waals surface area contributed by atoms with E-state index < -0.39 is 0 Å². The first kappa shape index (κ1) is 12.6. The van der Waals surface area contributed by atoms with Crippen LogP contribution in [0.3, 0.4) is 0 Å². The minimum absolute atomic E-state index is 0.0730. The normalized spacial score (nSPS) is 17.0. The van der Waals surface area contributed by atoms with Crippen molar-refractivity contribution >= 4 is 11.7 Å². The van der Waals surface area contributed by atoms with Crippen LogP contribution in [0.2, 0.25) is 0 Å². The van der Waals surface area contributed by atoms with Gasteiger partial charge in [-0.25, -0.2) is 0 Å². The van der Waals surface area contributed by atoms with Crippen molar-refractivity contribution in [3.8, 4) is 0 Å². The minimum Gasteiger partial charge on any atom is -0.351 e. The number of hydrogen-bond donors (Lipinski definition) is 3. The van der Waals surface area contributed by atoms with E-state index in [2.05, 4.69) is 25.4 Å². The van der Waals surface area contributed by atoms with Gasteiger partial charge in [0.1, 0.15) is 0 Å². The molecule has 0 atom stereocenters. The van der Waals surface area contributed by atoms with Crippen LogP contribution in [0, 0.1) is 6.92 Å². The summed E-state index contributed by atoms with van der Waals surface area (Å²) in [5.74, 6) is 1.21. The fourth-order valence-electron chi connectivity index (χ4n) is 3.05. The number of aromatic amines is 1. The largest absolute Gasteiger partial charge is 0.351 e. The molecule has 1 amide bonds. The summed E-state index contributed by atoms with van der Waals surface area (Å²) in [7, 11) is 2.04. The van der Waals surface area contributed by atoms with Crippen LogP contribution in [0.1, 0.15) is 51.8 Å². The van der Waals surface area contributed by atoms with Gasteiger partial charge in [-0.2, -0.15) is 5.10 Å². The number of nitrogens with zero attached hydrogens (tertiary/aromatic N) is 2. The van der Waals surface area contributed by atoms with E-state index in [0.29, 0.717) is 11.7 Å². The molecule has 0 bridgehead atoms. The summed E-state index contributed by atoms with van der Waals surface area (Å²) in [5.41, 5.74) is 5.17. The molecule has 0 aromatic carbocycles. The first-order valence-electron chi connectivity index (χ1n) is 7.39. The number of hydrogen-bond acceptors (Lipinski definition) is 3. The van der Waals surface area contributed by atoms with Crippen molar-refractivity contribution in [3.63, 3.8) is 0 Å². The number of rotatable bonds is 3. The summed E-state index contributed by atoms with van der Waals surface area (Å²) in [4.78, 5) is 12.5. The van der Waals surface area contributed by atoms with E-state index in [4.69, 9.17) is 0 Å². The lowest BCUT2D eigenvalue weighted by Crippen LogP contribution is -2.15. The van der Waals surface area contributed by atoms with Crippen LogP contribution in [-0.4, -0.2) is 20.7 Å². The monoisotopic (exact) mass is 285 g/mol. The number of aromatic nitrogens is 3. The Bertz CT molecular complexity index is 723. The van der Waals surface area contributed by atoms with Gasteiger partial charge in [-0.15, -0.1) is 0 Å². The minimum atomic E-state index is -0.0730. The molecule has 3 heterocycles. The van der Waals surface area contributed by atoms with Crippen molar-refractivity contribution in [3.05, 3.63) is 34.3 Å². The zero-order valence-electron chi connectivity index (χ0n) is 12.3. The molecule has 0 spiro atoms. The molecule has 0 radical (unpaired) electrons. The van der Waals surface area contributed by atoms with Gasteiger partial charge in [0, 0.05) is 37.1 Å². The zero-order valence-corrected chi connectivity index (χ0v) is 12.3. The number of amides is 1. The summed E-state index contributed by atoms with van der Waals surface area (Å²) in [6.45, 7) is 3.54. The Labute approximate surface area is 122 Å². The van der Waals surface area contributed by atoms with Crippen molar-refractivity contribution in [2.75, 3.05) is 5.32 Å². The molecule has 2 aromatic rings. The number of carbonyl (C=O) groups is 1. The molecule has 0 unspecified atom stereocenters. The van der Waals surface area contributed by atoms with Crippen molar-refractivity contribution in [2.24, 2.45) is 7.05 Å². The highest BCUT2D eigenvalue weighted by atomic mass is 16.1. The van der Waals surface area contributed by atoms with E-state index in [-0.39, 0.29) is 5.91 Å². The summed E-state index contributed by atoms with van der Waals surface area (Å²) >= 11 is 0. The number of anilines is 1. The number of H-pyrrole nitrogens is 1. The van der Waals surface area contributed by atoms with Crippen LogP contribution < -0.4 is 10.6 Å². The lowest BCUT2D eigenvalue weighted by atomic mass is 10.2. The van der Waals surface area contributed by atoms with E-state index in [1.807, 2.05) is 20.0 Å². The van der Waals surface area contributed by atoms with Crippen molar-refractivity contribution in [2.45, 2.75) is 38.8 Å². The van der Waals surface area contributed by atoms with E-state index in [0.717, 1.165) is 35.6 Å². The van der Waals surface area contributed by atoms with E-state index in [1.54, 1.807) is 0 Å². The van der Waals surface area contributed by atoms with Gasteiger partial charge in [-0.1, -0.05) is 0 Å². The van der Waals surface area contributed by atoms with Crippen molar-refractivity contribution < 1.29 is 4.79 Å². The Morgan fingerprint density at radius 3 is 3.00 bits per heavy atom. The quantitative estimate of drug-likeness (QED) is 0.805. The standard InChI is InChI=1S/C15H19N5O/c1-8-10(5-13(20(8)2)9-3-4-9)15(21)17-14-11-6-16-7-12(11)18-19-14/h5,9,16H,3-4,6-7H2,1-2H3,(H2,17,18,19,21). The number of fused-ring (bicyclic) bond motifs is 1. The molecule has 6 heteroatoms. The molecule has 110 valence electrons. The Morgan fingerprint density at radius 1 is 1.43 bits per heavy atom. The van der Waals surface area contributed by atoms with Gasteiger partial charge in [-0.05, 0) is 31.7 Å². The van der Waals surface area contributed by atoms with Gasteiger partial charge >= 0.3 is 0 Å². The average Bonchev–Trinajstić information content (AvgIpc) is 2.96. The Morgan fingerprint density at radius 2 is 2.24 bits per heavy atom. The first-order chi connectivity index (χ1) is 10.1. The molecule has 21 heavy (non-hydrogen) atoms. The molecule has 1 fully saturated rings. The van der Waals surface area contributed by atoms with E-state index >= 15 is 0 Å². The van der Waals surface area contributed by atoms with Gasteiger partial charge in [-0.3, -0.25) is 9.89 Å². The molecule has 1 saturated carbocycles. The lowest BCUT2D eigenvalue weighted by molar-refractivity contribution is 0.102. The molecule has 2 aliphatic rings. The fourth-order valence-corrected chi connectivity index (χ4v) is 3.05. The summed E-state index contributed by atoms with van der Waals surface area (Å²) in [6.07, 6.45) is 2.47. The number of nitrogens with one attached hydrogen (secondary N) is 3. The molecular formula is C15H19N5O. The third-order valence-electron chi connectivity index (χ3n) is 4.60. The van der Waals surface area contributed by atoms with Crippen LogP contribution in [0.15, 0.2) is 6.07 Å². The van der Waals surface area contributed by atoms with Crippen LogP contribution in [0.5, 0.6) is 0 Å². The smallest absolute Gasteiger partial charge is 0.258 e. The van der Waals surface area contributed by atoms with Crippen LogP contribution >= 0.6 is 0 Å². The second kappa shape index (κ2) is 4.46. The molecule has 0 saturated heterocycles. The van der Waals surface area contributed by atoms with Crippen molar-refractivity contribution in [1.29, 1.82) is 0 Å². The molecule has 3 N–H and O–H groups in total. The van der Waals surface area contributed by atoms with Gasteiger partial charge < -0.3 is 15.2 Å². The third-order valence-corrected chi connectivity index (χ3v) is 4.60. The number of carbonyl (C=O) groups excluding carboxylic acids is 1. The van der Waals surface area contributed by atoms with Crippen molar-refractivity contribution in [1.82, 2.24) is 20.1 Å². The molecule has 4 rings (SSSR count). The van der Waals surface area contributed by atoms with Gasteiger partial charge in [0.15, 0.2) is 5.82 Å². The van der Waals surface area contributed by atoms with Crippen LogP contribution in [-0.2, 0) is 20.1 Å². The highest BCUT2D eigenvalue weighted by Crippen LogP contribution is 2.41. The Kier molecular flexibility index (Phi) is 2.68. The fraction of sp³-hybridized carbons (Fsp3) is 0.467. The average molecular weight is 285 g/mol. The molecule has 6 nitrogen and oxygen atoms in total. The molecule has 1 aliphatic heterocycles. The second-order valence-electron chi connectivity index (χ2n) is 5.99. The van der Waals surface area contributed by atoms with Gasteiger partial charge in [0.05, 0.1) is 11.3 Å². The molecule has 1 aliphatic carbocycles. The molecule has 2 aromatic heterocycles. The van der Waals surface area contributed by atoms with Crippen LogP contribution in [0.4, 0.5) is 5.82 Å². The highest BCUT2D eigenvalue weighted by Gasteiger charge is 2.29. The Hall–Kier alpha value is -2.08. The lowest BCUT2D eigenvalue weighted by Gasteiger charge is -2.05. The van der Waals surface area contributed by atoms with Crippen LogP contribution in [0.25, 0.3) is 0 Å². The second-order valence-corrected chi connectivity index (χ2v) is 5.99. The molecular weight excluding hydrogens is 266 g/mol. The predicted molar refractivity (Wildman–Crippen MR) is 79.2 cm³/mol. The highest BCUT2D eigenvalue weighted by molar-refractivity contribution is 6.05. The van der Waals surface area contributed by atoms with E-state index in [9.17, 15) is 4.79 Å². The topological polar surface area (TPSA) is 74.7 Å². The summed E-state index contributed by atoms with van der Waals surface area (Å²) < 4.78 is 2.14. The SMILES string of the molecule is Cc1c(C(=O)Nc2n[nH]c3c2CNC3)cc(C2CC2)n1C. The Balaban J connectivity index is 1.61. The summed E-state index contributed by atoms with van der Waals surface area (Å²) in [5, 5.41) is 13.4. The van der Waals surface area contributed by atoms with Gasteiger partial charge in [0.2, 0.25) is 0 Å². The zero-order chi connectivity index (χ0) is 14.6. The first-order valence-corrected chi connectivity index (χ1v) is 7.39. The predicted octanol–water partition coefficient (Wildman–Crippen LogP) is 1.79. The van der Waals surface area contributed by atoms with E-state index in [1.165, 1.54) is 18.5 Å². The third kappa shape index (κ3) is 1.98. The maximum absolute atomic E-state index is 12.5.